The Balaban J connectivity index is 1.97. The third-order valence-electron chi connectivity index (χ3n) is 3.05. The number of methoxy groups -OCH3 is 1. The number of aromatic nitrogens is 3. The van der Waals surface area contributed by atoms with Gasteiger partial charge in [0.15, 0.2) is 11.5 Å². The lowest BCUT2D eigenvalue weighted by Crippen LogP contribution is -2.38. The maximum atomic E-state index is 11.9. The van der Waals surface area contributed by atoms with E-state index >= 15 is 0 Å². The highest BCUT2D eigenvalue weighted by Crippen LogP contribution is 2.25. The summed E-state index contributed by atoms with van der Waals surface area (Å²) in [6, 6.07) is 3.71. The van der Waals surface area contributed by atoms with Gasteiger partial charge in [-0.1, -0.05) is 0 Å². The van der Waals surface area contributed by atoms with Crippen LogP contribution in [-0.2, 0) is 4.79 Å². The minimum atomic E-state index is -0.842. The number of benzene rings is 1. The van der Waals surface area contributed by atoms with E-state index in [1.165, 1.54) is 32.4 Å². The summed E-state index contributed by atoms with van der Waals surface area (Å²) in [5, 5.41) is 21.4. The third-order valence-corrected chi connectivity index (χ3v) is 3.05. The Labute approximate surface area is 140 Å². The highest BCUT2D eigenvalue weighted by atomic mass is 16.5. The van der Waals surface area contributed by atoms with Crippen molar-refractivity contribution in [1.29, 1.82) is 0 Å². The van der Waals surface area contributed by atoms with Crippen LogP contribution in [0.1, 0.15) is 12.5 Å². The first-order chi connectivity index (χ1) is 11.9. The van der Waals surface area contributed by atoms with E-state index in [0.717, 1.165) is 0 Å². The lowest BCUT2D eigenvalue weighted by atomic mass is 10.2. The van der Waals surface area contributed by atoms with Gasteiger partial charge in [-0.25, -0.2) is 15.3 Å². The van der Waals surface area contributed by atoms with Gasteiger partial charge in [-0.15, -0.1) is 5.10 Å². The molecule has 1 aromatic heterocycles. The normalized spacial score (nSPS) is 11.9. The number of H-pyrrole nitrogens is 2. The molecule has 1 unspecified atom stereocenters. The fourth-order valence-electron chi connectivity index (χ4n) is 1.76. The van der Waals surface area contributed by atoms with Crippen molar-refractivity contribution in [2.45, 2.75) is 13.0 Å². The number of amides is 1. The predicted octanol–water partition coefficient (Wildman–Crippen LogP) is -0.877. The van der Waals surface area contributed by atoms with Crippen molar-refractivity contribution in [1.82, 2.24) is 20.6 Å². The lowest BCUT2D eigenvalue weighted by molar-refractivity contribution is -0.121. The molecule has 11 heteroatoms. The average Bonchev–Trinajstić information content (AvgIpc) is 2.58. The number of hydrogen-bond acceptors (Lipinski definition) is 8. The molecule has 1 aromatic carbocycles. The third kappa shape index (κ3) is 4.67. The summed E-state index contributed by atoms with van der Waals surface area (Å²) in [5.41, 5.74) is 1.38. The van der Waals surface area contributed by atoms with Crippen molar-refractivity contribution in [3.8, 4) is 11.5 Å². The Morgan fingerprint density at radius 2 is 2.20 bits per heavy atom. The zero-order chi connectivity index (χ0) is 18.4. The molecule has 1 amide bonds. The van der Waals surface area contributed by atoms with Crippen LogP contribution < -0.4 is 26.7 Å². The van der Waals surface area contributed by atoms with Gasteiger partial charge in [0, 0.05) is 0 Å². The Morgan fingerprint density at radius 3 is 2.88 bits per heavy atom. The highest BCUT2D eigenvalue weighted by molar-refractivity contribution is 5.86. The number of carbonyl (C=O) groups excluding carboxylic acids is 1. The van der Waals surface area contributed by atoms with E-state index < -0.39 is 23.2 Å². The van der Waals surface area contributed by atoms with Gasteiger partial charge in [0.2, 0.25) is 5.82 Å². The summed E-state index contributed by atoms with van der Waals surface area (Å²) >= 11 is 0. The molecular weight excluding hydrogens is 332 g/mol. The number of rotatable bonds is 6. The fraction of sp³-hybridized carbons (Fsp3) is 0.214. The molecule has 132 valence electrons. The summed E-state index contributed by atoms with van der Waals surface area (Å²) in [5.74, 6) is -0.474. The molecule has 0 radical (unpaired) electrons. The molecule has 0 saturated heterocycles. The van der Waals surface area contributed by atoms with Crippen molar-refractivity contribution < 1.29 is 14.6 Å². The molecule has 2 aromatic rings. The van der Waals surface area contributed by atoms with Crippen molar-refractivity contribution in [2.24, 2.45) is 5.10 Å². The maximum Gasteiger partial charge on any atom is 0.342 e. The number of hydrogen-bond donors (Lipinski definition) is 5. The molecule has 0 aliphatic heterocycles. The molecule has 1 atom stereocenters. The van der Waals surface area contributed by atoms with Crippen LogP contribution in [-0.4, -0.2) is 45.6 Å². The van der Waals surface area contributed by atoms with E-state index in [4.69, 9.17) is 4.74 Å². The summed E-state index contributed by atoms with van der Waals surface area (Å²) < 4.78 is 4.96. The minimum Gasteiger partial charge on any atom is -0.504 e. The second-order valence-electron chi connectivity index (χ2n) is 4.89. The summed E-state index contributed by atoms with van der Waals surface area (Å²) in [6.45, 7) is 1.49. The lowest BCUT2D eigenvalue weighted by Gasteiger charge is -2.11. The van der Waals surface area contributed by atoms with Gasteiger partial charge < -0.3 is 15.2 Å². The second kappa shape index (κ2) is 7.77. The van der Waals surface area contributed by atoms with Crippen LogP contribution in [0, 0.1) is 0 Å². The van der Waals surface area contributed by atoms with Gasteiger partial charge in [-0.05, 0) is 30.7 Å². The van der Waals surface area contributed by atoms with E-state index in [1.807, 2.05) is 10.1 Å². The Kier molecular flexibility index (Phi) is 5.50. The first-order valence-corrected chi connectivity index (χ1v) is 7.06. The molecule has 2 rings (SSSR count). The smallest absolute Gasteiger partial charge is 0.342 e. The van der Waals surface area contributed by atoms with Crippen molar-refractivity contribution in [2.75, 3.05) is 12.4 Å². The van der Waals surface area contributed by atoms with Crippen LogP contribution in [0.5, 0.6) is 11.5 Å². The molecular formula is C14H16N6O5. The number of nitrogens with zero attached hydrogens (tertiary/aromatic N) is 2. The molecule has 11 nitrogen and oxygen atoms in total. The van der Waals surface area contributed by atoms with Crippen molar-refractivity contribution in [3.05, 3.63) is 44.6 Å². The summed E-state index contributed by atoms with van der Waals surface area (Å²) in [7, 11) is 1.41. The van der Waals surface area contributed by atoms with Crippen LogP contribution in [0.2, 0.25) is 0 Å². The highest BCUT2D eigenvalue weighted by Gasteiger charge is 2.14. The quantitative estimate of drug-likeness (QED) is 0.334. The topological polar surface area (TPSA) is 162 Å². The SMILES string of the molecule is COc1cc(/C=N/NC(=O)C(C)Nc2n[nH]c(=O)[nH]c2=O)ccc1O. The van der Waals surface area contributed by atoms with Crippen LogP contribution >= 0.6 is 0 Å². The van der Waals surface area contributed by atoms with Crippen molar-refractivity contribution >= 4 is 17.9 Å². The predicted molar refractivity (Wildman–Crippen MR) is 89.0 cm³/mol. The first kappa shape index (κ1) is 17.7. The van der Waals surface area contributed by atoms with Gasteiger partial charge in [0.1, 0.15) is 6.04 Å². The average molecular weight is 348 g/mol. The molecule has 0 fully saturated rings. The Morgan fingerprint density at radius 1 is 1.44 bits per heavy atom. The van der Waals surface area contributed by atoms with Gasteiger partial charge in [-0.3, -0.25) is 14.6 Å². The van der Waals surface area contributed by atoms with E-state index in [9.17, 15) is 19.5 Å². The maximum absolute atomic E-state index is 11.9. The van der Waals surface area contributed by atoms with E-state index in [0.29, 0.717) is 5.56 Å². The molecule has 1 heterocycles. The molecule has 0 spiro atoms. The number of ether oxygens (including phenoxy) is 1. The number of aromatic hydroxyl groups is 1. The molecule has 0 saturated carbocycles. The zero-order valence-corrected chi connectivity index (χ0v) is 13.4. The van der Waals surface area contributed by atoms with Crippen LogP contribution in [0.3, 0.4) is 0 Å². The molecule has 0 bridgehead atoms. The minimum absolute atomic E-state index is 0.0138. The van der Waals surface area contributed by atoms with Gasteiger partial charge in [0.05, 0.1) is 13.3 Å². The van der Waals surface area contributed by atoms with E-state index in [1.54, 1.807) is 6.07 Å². The van der Waals surface area contributed by atoms with Gasteiger partial charge >= 0.3 is 5.69 Å². The van der Waals surface area contributed by atoms with E-state index in [2.05, 4.69) is 20.9 Å². The van der Waals surface area contributed by atoms with Crippen LogP contribution in [0.25, 0.3) is 0 Å². The van der Waals surface area contributed by atoms with Crippen molar-refractivity contribution in [3.63, 3.8) is 0 Å². The molecule has 25 heavy (non-hydrogen) atoms. The number of phenols is 1. The zero-order valence-electron chi connectivity index (χ0n) is 13.4. The van der Waals surface area contributed by atoms with Crippen LogP contribution in [0.15, 0.2) is 32.9 Å². The standard InChI is InChI=1S/C14H16N6O5/c1-7(16-11-13(23)17-14(24)20-18-11)12(22)19-15-6-8-3-4-9(21)10(5-8)25-2/h3-7,21H,1-2H3,(H,16,18)(H,19,22)(H2,17,20,23,24)/b15-6+. The second-order valence-corrected chi connectivity index (χ2v) is 4.89. The molecule has 0 aliphatic rings. The summed E-state index contributed by atoms with van der Waals surface area (Å²) in [4.78, 5) is 36.3. The number of aromatic amines is 2. The van der Waals surface area contributed by atoms with E-state index in [-0.39, 0.29) is 17.3 Å². The number of anilines is 1. The van der Waals surface area contributed by atoms with Gasteiger partial charge in [-0.2, -0.15) is 5.10 Å². The van der Waals surface area contributed by atoms with Gasteiger partial charge in [0.25, 0.3) is 11.5 Å². The molecule has 0 aliphatic carbocycles. The number of carbonyl (C=O) groups is 1. The summed E-state index contributed by atoms with van der Waals surface area (Å²) in [6.07, 6.45) is 1.36. The van der Waals surface area contributed by atoms with Crippen LogP contribution in [0.4, 0.5) is 5.82 Å². The number of nitrogens with one attached hydrogen (secondary N) is 4. The fourth-order valence-corrected chi connectivity index (χ4v) is 1.76. The Bertz CT molecular complexity index is 903. The number of hydrazone groups is 1. The number of phenolic OH excluding ortho intramolecular Hbond substituents is 1. The largest absolute Gasteiger partial charge is 0.504 e. The monoisotopic (exact) mass is 348 g/mol. The molecule has 5 N–H and O–H groups in total. The first-order valence-electron chi connectivity index (χ1n) is 7.06. The Hall–Kier alpha value is -3.63.